The number of carboxylic acid groups (broad SMARTS) is 1. The van der Waals surface area contributed by atoms with Gasteiger partial charge in [0.2, 0.25) is 0 Å². The number of nitrogens with zero attached hydrogens (tertiary/aromatic N) is 4. The summed E-state index contributed by atoms with van der Waals surface area (Å²) in [4.78, 5) is 16.0. The Morgan fingerprint density at radius 3 is 2.81 bits per heavy atom. The highest BCUT2D eigenvalue weighted by Gasteiger charge is 2.10. The number of hydrogen-bond acceptors (Lipinski definition) is 4. The van der Waals surface area contributed by atoms with Gasteiger partial charge in [0.15, 0.2) is 11.5 Å². The minimum atomic E-state index is -1.11. The second kappa shape index (κ2) is 4.01. The molecule has 0 aromatic carbocycles. The summed E-state index contributed by atoms with van der Waals surface area (Å²) in [5.74, 6) is -0.631. The zero-order valence-corrected chi connectivity index (χ0v) is 9.84. The van der Waals surface area contributed by atoms with Gasteiger partial charge >= 0.3 is 5.97 Å². The molecule has 0 unspecified atom stereocenters. The normalized spacial score (nSPS) is 10.4. The summed E-state index contributed by atoms with van der Waals surface area (Å²) in [6.07, 6.45) is 1.18. The van der Waals surface area contributed by atoms with Crippen LogP contribution < -0.4 is 0 Å². The molecule has 2 aromatic heterocycles. The summed E-state index contributed by atoms with van der Waals surface area (Å²) >= 11 is 3.32. The fourth-order valence-electron chi connectivity index (χ4n) is 1.11. The van der Waals surface area contributed by atoms with Crippen LogP contribution in [0.5, 0.6) is 0 Å². The van der Waals surface area contributed by atoms with Crippen molar-refractivity contribution < 1.29 is 9.90 Å². The van der Waals surface area contributed by atoms with Crippen molar-refractivity contribution in [2.24, 2.45) is 0 Å². The van der Waals surface area contributed by atoms with E-state index in [0.717, 1.165) is 10.2 Å². The van der Waals surface area contributed by atoms with E-state index >= 15 is 0 Å². The average Bonchev–Trinajstić information content (AvgIpc) is 2.71. The van der Waals surface area contributed by atoms with Crippen LogP contribution in [0.1, 0.15) is 16.2 Å². The van der Waals surface area contributed by atoms with Gasteiger partial charge in [-0.2, -0.15) is 5.10 Å². The van der Waals surface area contributed by atoms with Crippen molar-refractivity contribution in [1.29, 1.82) is 0 Å². The molecule has 2 aromatic rings. The number of halogens is 1. The van der Waals surface area contributed by atoms with Crippen molar-refractivity contribution in [3.8, 4) is 5.82 Å². The maximum Gasteiger partial charge on any atom is 0.358 e. The Kier molecular flexibility index (Phi) is 2.69. The number of hydrogen-bond donors (Lipinski definition) is 1. The van der Waals surface area contributed by atoms with Gasteiger partial charge < -0.3 is 5.11 Å². The Morgan fingerprint density at radius 1 is 1.50 bits per heavy atom. The van der Waals surface area contributed by atoms with Crippen molar-refractivity contribution in [3.05, 3.63) is 34.2 Å². The molecule has 0 saturated carbocycles. The standard InChI is InChI=1S/C9H7BrN4O2/c1-5-6(10)2-3-8(12-5)14-11-4-7(13-14)9(15)16/h2-4H,1H3,(H,15,16). The number of pyridine rings is 1. The summed E-state index contributed by atoms with van der Waals surface area (Å²) in [5, 5.41) is 16.3. The Morgan fingerprint density at radius 2 is 2.25 bits per heavy atom. The lowest BCUT2D eigenvalue weighted by Crippen LogP contribution is -2.04. The van der Waals surface area contributed by atoms with Crippen LogP contribution in [-0.2, 0) is 0 Å². The number of aryl methyl sites for hydroxylation is 1. The van der Waals surface area contributed by atoms with E-state index in [-0.39, 0.29) is 5.69 Å². The number of rotatable bonds is 2. The largest absolute Gasteiger partial charge is 0.476 e. The molecule has 82 valence electrons. The molecule has 1 N–H and O–H groups in total. The quantitative estimate of drug-likeness (QED) is 0.901. The Hall–Kier alpha value is -1.76. The molecule has 0 aliphatic rings. The fraction of sp³-hybridized carbons (Fsp3) is 0.111. The third-order valence-electron chi connectivity index (χ3n) is 1.92. The van der Waals surface area contributed by atoms with Gasteiger partial charge in [0.05, 0.1) is 11.9 Å². The molecule has 0 atom stereocenters. The van der Waals surface area contributed by atoms with E-state index in [0.29, 0.717) is 5.82 Å². The first kappa shape index (κ1) is 10.7. The van der Waals surface area contributed by atoms with Crippen LogP contribution in [0.25, 0.3) is 5.82 Å². The SMILES string of the molecule is Cc1nc(-n2ncc(C(=O)O)n2)ccc1Br. The van der Waals surface area contributed by atoms with Crippen molar-refractivity contribution in [3.63, 3.8) is 0 Å². The highest BCUT2D eigenvalue weighted by molar-refractivity contribution is 9.10. The molecular formula is C9H7BrN4O2. The van der Waals surface area contributed by atoms with Crippen LogP contribution in [0.4, 0.5) is 0 Å². The summed E-state index contributed by atoms with van der Waals surface area (Å²) in [6.45, 7) is 1.83. The Bertz CT molecular complexity index is 552. The molecule has 2 rings (SSSR count). The van der Waals surface area contributed by atoms with E-state index < -0.39 is 5.97 Å². The third-order valence-corrected chi connectivity index (χ3v) is 2.76. The molecule has 0 aliphatic carbocycles. The summed E-state index contributed by atoms with van der Waals surface area (Å²) in [7, 11) is 0. The van der Waals surface area contributed by atoms with Gasteiger partial charge in [-0.3, -0.25) is 0 Å². The molecule has 0 radical (unpaired) electrons. The van der Waals surface area contributed by atoms with E-state index in [1.165, 1.54) is 11.0 Å². The summed E-state index contributed by atoms with van der Waals surface area (Å²) in [5.41, 5.74) is 0.675. The van der Waals surface area contributed by atoms with Crippen LogP contribution in [0.2, 0.25) is 0 Å². The lowest BCUT2D eigenvalue weighted by molar-refractivity contribution is 0.0690. The van der Waals surface area contributed by atoms with Crippen LogP contribution >= 0.6 is 15.9 Å². The van der Waals surface area contributed by atoms with Crippen LogP contribution in [0, 0.1) is 6.92 Å². The lowest BCUT2D eigenvalue weighted by atomic mass is 10.4. The zero-order chi connectivity index (χ0) is 11.7. The van der Waals surface area contributed by atoms with E-state index in [1.807, 2.05) is 13.0 Å². The van der Waals surface area contributed by atoms with Crippen molar-refractivity contribution >= 4 is 21.9 Å². The smallest absolute Gasteiger partial charge is 0.358 e. The molecule has 0 amide bonds. The molecule has 16 heavy (non-hydrogen) atoms. The van der Waals surface area contributed by atoms with Gasteiger partial charge in [-0.25, -0.2) is 9.78 Å². The number of carbonyl (C=O) groups is 1. The van der Waals surface area contributed by atoms with Crippen molar-refractivity contribution in [1.82, 2.24) is 20.0 Å². The second-order valence-corrected chi connectivity index (χ2v) is 3.92. The van der Waals surface area contributed by atoms with E-state index in [2.05, 4.69) is 31.1 Å². The molecule has 0 spiro atoms. The maximum atomic E-state index is 10.6. The van der Waals surface area contributed by atoms with Gasteiger partial charge in [0, 0.05) is 4.47 Å². The lowest BCUT2D eigenvalue weighted by Gasteiger charge is -2.01. The van der Waals surface area contributed by atoms with Gasteiger partial charge in [-0.1, -0.05) is 0 Å². The minimum Gasteiger partial charge on any atom is -0.476 e. The monoisotopic (exact) mass is 282 g/mol. The number of carboxylic acids is 1. The average molecular weight is 283 g/mol. The van der Waals surface area contributed by atoms with Crippen molar-refractivity contribution in [2.75, 3.05) is 0 Å². The predicted octanol–water partition coefficient (Wildman–Crippen LogP) is 1.43. The third kappa shape index (κ3) is 1.94. The Labute approximate surface area is 99.1 Å². The first-order chi connectivity index (χ1) is 7.58. The fourth-order valence-corrected chi connectivity index (χ4v) is 1.33. The molecule has 0 aliphatic heterocycles. The maximum absolute atomic E-state index is 10.6. The topological polar surface area (TPSA) is 80.9 Å². The van der Waals surface area contributed by atoms with E-state index in [1.54, 1.807) is 6.07 Å². The Balaban J connectivity index is 2.42. The zero-order valence-electron chi connectivity index (χ0n) is 8.25. The molecule has 0 fully saturated rings. The second-order valence-electron chi connectivity index (χ2n) is 3.06. The van der Waals surface area contributed by atoms with Crippen LogP contribution in [-0.4, -0.2) is 31.1 Å². The van der Waals surface area contributed by atoms with E-state index in [9.17, 15) is 4.79 Å². The molecule has 2 heterocycles. The highest BCUT2D eigenvalue weighted by atomic mass is 79.9. The van der Waals surface area contributed by atoms with Gasteiger partial charge in [0.25, 0.3) is 0 Å². The molecule has 0 bridgehead atoms. The molecule has 0 saturated heterocycles. The number of aromatic nitrogens is 4. The molecule has 6 nitrogen and oxygen atoms in total. The number of aromatic carboxylic acids is 1. The molecular weight excluding hydrogens is 276 g/mol. The summed E-state index contributed by atoms with van der Waals surface area (Å²) < 4.78 is 0.877. The summed E-state index contributed by atoms with van der Waals surface area (Å²) in [6, 6.07) is 3.50. The van der Waals surface area contributed by atoms with Crippen LogP contribution in [0.15, 0.2) is 22.8 Å². The van der Waals surface area contributed by atoms with Crippen LogP contribution in [0.3, 0.4) is 0 Å². The predicted molar refractivity (Wildman–Crippen MR) is 58.6 cm³/mol. The minimum absolute atomic E-state index is 0.109. The van der Waals surface area contributed by atoms with E-state index in [4.69, 9.17) is 5.11 Å². The first-order valence-electron chi connectivity index (χ1n) is 4.37. The highest BCUT2D eigenvalue weighted by Crippen LogP contribution is 2.15. The first-order valence-corrected chi connectivity index (χ1v) is 5.16. The van der Waals surface area contributed by atoms with Crippen molar-refractivity contribution in [2.45, 2.75) is 6.92 Å². The van der Waals surface area contributed by atoms with Gasteiger partial charge in [0.1, 0.15) is 0 Å². The van der Waals surface area contributed by atoms with Gasteiger partial charge in [-0.05, 0) is 35.0 Å². The molecule has 7 heteroatoms. The van der Waals surface area contributed by atoms with Gasteiger partial charge in [-0.15, -0.1) is 9.90 Å².